The number of carbonyl (C=O) groups is 1. The van der Waals surface area contributed by atoms with E-state index in [0.717, 1.165) is 67.7 Å². The Labute approximate surface area is 168 Å². The maximum atomic E-state index is 10.9. The van der Waals surface area contributed by atoms with Crippen molar-refractivity contribution >= 4 is 17.4 Å². The van der Waals surface area contributed by atoms with Gasteiger partial charge in [-0.15, -0.1) is 0 Å². The Hall–Kier alpha value is -3.25. The number of aromatic amines is 1. The minimum atomic E-state index is -0.306. The number of hydrogen-bond acceptors (Lipinski definition) is 6. The maximum absolute atomic E-state index is 10.9. The van der Waals surface area contributed by atoms with E-state index in [2.05, 4.69) is 31.0 Å². The van der Waals surface area contributed by atoms with Crippen LogP contribution in [0.15, 0.2) is 31.0 Å². The number of nitriles is 1. The van der Waals surface area contributed by atoms with Crippen molar-refractivity contribution < 1.29 is 4.79 Å². The van der Waals surface area contributed by atoms with Gasteiger partial charge >= 0.3 is 0 Å². The van der Waals surface area contributed by atoms with Gasteiger partial charge in [-0.2, -0.15) is 10.4 Å². The van der Waals surface area contributed by atoms with Gasteiger partial charge in [0.1, 0.15) is 17.5 Å². The van der Waals surface area contributed by atoms with E-state index < -0.39 is 0 Å². The second kappa shape index (κ2) is 6.97. The van der Waals surface area contributed by atoms with Crippen LogP contribution in [-0.4, -0.2) is 73.2 Å². The highest BCUT2D eigenvalue weighted by Gasteiger charge is 2.48. The summed E-state index contributed by atoms with van der Waals surface area (Å²) < 4.78 is 1.95. The van der Waals surface area contributed by atoms with Crippen LogP contribution in [0, 0.1) is 11.3 Å². The van der Waals surface area contributed by atoms with Crippen molar-refractivity contribution in [3.8, 4) is 17.3 Å². The van der Waals surface area contributed by atoms with Gasteiger partial charge in [0.05, 0.1) is 24.4 Å². The molecule has 2 fully saturated rings. The summed E-state index contributed by atoms with van der Waals surface area (Å²) in [5.41, 5.74) is 2.25. The van der Waals surface area contributed by atoms with Crippen molar-refractivity contribution in [2.45, 2.75) is 30.8 Å². The lowest BCUT2D eigenvalue weighted by molar-refractivity contribution is -0.120. The van der Waals surface area contributed by atoms with Gasteiger partial charge in [-0.25, -0.2) is 9.97 Å². The Bertz CT molecular complexity index is 1070. The molecule has 2 aliphatic rings. The van der Waals surface area contributed by atoms with Crippen LogP contribution >= 0.6 is 0 Å². The second-order valence-corrected chi connectivity index (χ2v) is 7.97. The van der Waals surface area contributed by atoms with Crippen molar-refractivity contribution in [1.82, 2.24) is 34.5 Å². The molecule has 0 radical (unpaired) electrons. The molecule has 0 aromatic carbocycles. The summed E-state index contributed by atoms with van der Waals surface area (Å²) in [7, 11) is 0. The van der Waals surface area contributed by atoms with Crippen LogP contribution in [0.3, 0.4) is 0 Å². The quantitative estimate of drug-likeness (QED) is 0.660. The van der Waals surface area contributed by atoms with Gasteiger partial charge in [0, 0.05) is 55.6 Å². The molecule has 3 aromatic rings. The first-order valence-electron chi connectivity index (χ1n) is 9.86. The fourth-order valence-electron chi connectivity index (χ4n) is 4.62. The van der Waals surface area contributed by atoms with Gasteiger partial charge in [0.2, 0.25) is 6.41 Å². The van der Waals surface area contributed by atoms with Crippen molar-refractivity contribution in [1.29, 1.82) is 5.26 Å². The second-order valence-electron chi connectivity index (χ2n) is 7.97. The van der Waals surface area contributed by atoms with Crippen LogP contribution in [-0.2, 0) is 10.3 Å². The molecule has 5 heterocycles. The number of nitrogens with one attached hydrogen (secondary N) is 1. The van der Waals surface area contributed by atoms with Crippen molar-refractivity contribution in [2.75, 3.05) is 26.2 Å². The lowest BCUT2D eigenvalue weighted by Crippen LogP contribution is -2.66. The normalized spacial score (nSPS) is 19.8. The number of fused-ring (bicyclic) bond motifs is 1. The standard InChI is InChI=1S/C20H22N8O/c21-5-4-20(11-27(12-20)16-2-7-26(14-29)8-3-16)28-10-15(9-25-28)18-17-1-6-22-19(17)24-13-23-18/h1,6,9-10,13-14,16H,2-4,7-8,11-12H2,(H,22,23,24). The average molecular weight is 390 g/mol. The van der Waals surface area contributed by atoms with Crippen LogP contribution in [0.2, 0.25) is 0 Å². The van der Waals surface area contributed by atoms with E-state index in [9.17, 15) is 10.1 Å². The fraction of sp³-hybridized carbons (Fsp3) is 0.450. The average Bonchev–Trinajstić information content (AvgIpc) is 3.40. The number of aromatic nitrogens is 5. The number of likely N-dealkylation sites (tertiary alicyclic amines) is 2. The first kappa shape index (κ1) is 17.8. The van der Waals surface area contributed by atoms with E-state index in [1.54, 1.807) is 6.33 Å². The van der Waals surface area contributed by atoms with Crippen LogP contribution in [0.4, 0.5) is 0 Å². The van der Waals surface area contributed by atoms with Gasteiger partial charge in [-0.1, -0.05) is 0 Å². The lowest BCUT2D eigenvalue weighted by Gasteiger charge is -2.53. The molecular weight excluding hydrogens is 368 g/mol. The minimum absolute atomic E-state index is 0.306. The molecule has 5 rings (SSSR count). The van der Waals surface area contributed by atoms with E-state index in [1.165, 1.54) is 0 Å². The Morgan fingerprint density at radius 2 is 2.14 bits per heavy atom. The van der Waals surface area contributed by atoms with Crippen LogP contribution < -0.4 is 0 Å². The SMILES string of the molecule is N#CCC1(n2cc(-c3ncnc4[nH]ccc34)cn2)CN(C2CCN(C=O)CC2)C1. The minimum Gasteiger partial charge on any atom is -0.346 e. The topological polar surface area (TPSA) is 107 Å². The highest BCUT2D eigenvalue weighted by atomic mass is 16.1. The van der Waals surface area contributed by atoms with Crippen LogP contribution in [0.5, 0.6) is 0 Å². The van der Waals surface area contributed by atoms with Gasteiger partial charge in [-0.3, -0.25) is 14.4 Å². The smallest absolute Gasteiger partial charge is 0.209 e. The van der Waals surface area contributed by atoms with Gasteiger partial charge in [0.25, 0.3) is 0 Å². The molecule has 1 N–H and O–H groups in total. The Morgan fingerprint density at radius 1 is 1.31 bits per heavy atom. The number of nitrogens with zero attached hydrogens (tertiary/aromatic N) is 7. The molecule has 0 spiro atoms. The van der Waals surface area contributed by atoms with Crippen molar-refractivity contribution in [3.05, 3.63) is 31.0 Å². The first-order valence-corrected chi connectivity index (χ1v) is 9.86. The van der Waals surface area contributed by atoms with Crippen molar-refractivity contribution in [3.63, 3.8) is 0 Å². The molecular formula is C20H22N8O. The van der Waals surface area contributed by atoms with Crippen LogP contribution in [0.1, 0.15) is 19.3 Å². The lowest BCUT2D eigenvalue weighted by atomic mass is 9.84. The zero-order chi connectivity index (χ0) is 19.8. The Kier molecular flexibility index (Phi) is 4.28. The molecule has 148 valence electrons. The fourth-order valence-corrected chi connectivity index (χ4v) is 4.62. The van der Waals surface area contributed by atoms with Gasteiger partial charge in [-0.05, 0) is 18.9 Å². The molecule has 0 aliphatic carbocycles. The van der Waals surface area contributed by atoms with E-state index in [0.29, 0.717) is 12.5 Å². The molecule has 9 heteroatoms. The number of piperidine rings is 1. The number of hydrogen-bond donors (Lipinski definition) is 1. The third-order valence-electron chi connectivity index (χ3n) is 6.26. The predicted octanol–water partition coefficient (Wildman–Crippen LogP) is 1.37. The highest BCUT2D eigenvalue weighted by Crippen LogP contribution is 2.37. The Balaban J connectivity index is 1.36. The molecule has 0 unspecified atom stereocenters. The number of rotatable bonds is 5. The summed E-state index contributed by atoms with van der Waals surface area (Å²) in [6.07, 6.45) is 10.5. The van der Waals surface area contributed by atoms with Crippen molar-refractivity contribution in [2.24, 2.45) is 0 Å². The van der Waals surface area contributed by atoms with Crippen LogP contribution in [0.25, 0.3) is 22.3 Å². The summed E-state index contributed by atoms with van der Waals surface area (Å²) >= 11 is 0. The third kappa shape index (κ3) is 2.96. The molecule has 29 heavy (non-hydrogen) atoms. The summed E-state index contributed by atoms with van der Waals surface area (Å²) in [4.78, 5) is 27.0. The molecule has 0 bridgehead atoms. The third-order valence-corrected chi connectivity index (χ3v) is 6.26. The molecule has 2 aliphatic heterocycles. The first-order chi connectivity index (χ1) is 14.2. The maximum Gasteiger partial charge on any atom is 0.209 e. The molecule has 3 aromatic heterocycles. The summed E-state index contributed by atoms with van der Waals surface area (Å²) in [6, 6.07) is 4.78. The molecule has 2 saturated heterocycles. The number of H-pyrrole nitrogens is 1. The Morgan fingerprint density at radius 3 is 2.90 bits per heavy atom. The highest BCUT2D eigenvalue weighted by molar-refractivity contribution is 5.89. The van der Waals surface area contributed by atoms with E-state index in [1.807, 2.05) is 34.2 Å². The monoisotopic (exact) mass is 390 g/mol. The molecule has 1 amide bonds. The summed E-state index contributed by atoms with van der Waals surface area (Å²) in [5.74, 6) is 0. The zero-order valence-electron chi connectivity index (χ0n) is 16.0. The largest absolute Gasteiger partial charge is 0.346 e. The molecule has 9 nitrogen and oxygen atoms in total. The summed E-state index contributed by atoms with van der Waals surface area (Å²) in [6.45, 7) is 3.22. The van der Waals surface area contributed by atoms with Gasteiger partial charge < -0.3 is 9.88 Å². The van der Waals surface area contributed by atoms with Gasteiger partial charge in [0.15, 0.2) is 0 Å². The van der Waals surface area contributed by atoms with E-state index >= 15 is 0 Å². The zero-order valence-corrected chi connectivity index (χ0v) is 16.0. The number of carbonyl (C=O) groups excluding carboxylic acids is 1. The summed E-state index contributed by atoms with van der Waals surface area (Å²) in [5, 5.41) is 15.0. The van der Waals surface area contributed by atoms with E-state index in [-0.39, 0.29) is 5.54 Å². The predicted molar refractivity (Wildman–Crippen MR) is 106 cm³/mol. The molecule has 0 saturated carbocycles. The van der Waals surface area contributed by atoms with E-state index in [4.69, 9.17) is 0 Å². The molecule has 0 atom stereocenters. The number of amides is 1.